The van der Waals surface area contributed by atoms with Gasteiger partial charge in [-0.05, 0) is 39.5 Å². The minimum absolute atomic E-state index is 0.266. The Kier molecular flexibility index (Phi) is 4.45. The molecule has 0 amide bonds. The fourth-order valence-electron chi connectivity index (χ4n) is 3.06. The summed E-state index contributed by atoms with van der Waals surface area (Å²) in [6, 6.07) is 0.712. The zero-order valence-electron chi connectivity index (χ0n) is 11.7. The van der Waals surface area contributed by atoms with E-state index in [-0.39, 0.29) is 5.54 Å². The van der Waals surface area contributed by atoms with Crippen molar-refractivity contribution < 1.29 is 4.74 Å². The highest BCUT2D eigenvalue weighted by Crippen LogP contribution is 2.20. The highest BCUT2D eigenvalue weighted by molar-refractivity contribution is 4.91. The van der Waals surface area contributed by atoms with Crippen molar-refractivity contribution in [2.75, 3.05) is 26.2 Å². The van der Waals surface area contributed by atoms with Crippen molar-refractivity contribution in [2.45, 2.75) is 64.1 Å². The molecule has 3 heteroatoms. The fourth-order valence-corrected chi connectivity index (χ4v) is 3.06. The smallest absolute Gasteiger partial charge is 0.0588 e. The quantitative estimate of drug-likeness (QED) is 0.813. The van der Waals surface area contributed by atoms with Gasteiger partial charge >= 0.3 is 0 Å². The molecule has 2 aliphatic rings. The summed E-state index contributed by atoms with van der Waals surface area (Å²) in [5, 5.41) is 3.64. The molecule has 2 atom stereocenters. The Morgan fingerprint density at radius 1 is 1.41 bits per heavy atom. The van der Waals surface area contributed by atoms with Crippen LogP contribution in [0.25, 0.3) is 0 Å². The minimum atomic E-state index is 0.266. The zero-order valence-corrected chi connectivity index (χ0v) is 11.7. The lowest BCUT2D eigenvalue weighted by Crippen LogP contribution is -2.61. The number of hydrogen-bond acceptors (Lipinski definition) is 3. The predicted molar refractivity (Wildman–Crippen MR) is 71.3 cm³/mol. The number of ether oxygens (including phenoxy) is 1. The van der Waals surface area contributed by atoms with E-state index in [1.807, 2.05) is 0 Å². The second-order valence-electron chi connectivity index (χ2n) is 6.22. The van der Waals surface area contributed by atoms with Gasteiger partial charge in [0, 0.05) is 37.8 Å². The Bertz CT molecular complexity index is 236. The van der Waals surface area contributed by atoms with Crippen LogP contribution in [-0.2, 0) is 4.74 Å². The van der Waals surface area contributed by atoms with Crippen LogP contribution in [0, 0.1) is 0 Å². The van der Waals surface area contributed by atoms with Crippen LogP contribution in [0.3, 0.4) is 0 Å². The third kappa shape index (κ3) is 3.67. The molecule has 3 nitrogen and oxygen atoms in total. The van der Waals surface area contributed by atoms with Gasteiger partial charge in [0.25, 0.3) is 0 Å². The van der Waals surface area contributed by atoms with E-state index in [0.717, 1.165) is 19.7 Å². The van der Waals surface area contributed by atoms with Gasteiger partial charge in [0.2, 0.25) is 0 Å². The van der Waals surface area contributed by atoms with E-state index in [4.69, 9.17) is 4.74 Å². The number of rotatable bonds is 4. The molecule has 0 aromatic rings. The lowest BCUT2D eigenvalue weighted by molar-refractivity contribution is 0.0565. The van der Waals surface area contributed by atoms with Crippen molar-refractivity contribution in [3.63, 3.8) is 0 Å². The predicted octanol–water partition coefficient (Wildman–Crippen LogP) is 2.02. The molecule has 2 saturated heterocycles. The third-order valence-electron chi connectivity index (χ3n) is 4.16. The molecule has 2 heterocycles. The van der Waals surface area contributed by atoms with Crippen molar-refractivity contribution in [3.8, 4) is 0 Å². The molecular formula is C14H28N2O. The topological polar surface area (TPSA) is 24.5 Å². The molecule has 2 unspecified atom stereocenters. The first-order valence-electron chi connectivity index (χ1n) is 7.21. The van der Waals surface area contributed by atoms with Gasteiger partial charge in [0.05, 0.1) is 6.10 Å². The first-order chi connectivity index (χ1) is 8.11. The molecule has 0 spiro atoms. The number of hydrogen-bond donors (Lipinski definition) is 1. The molecule has 17 heavy (non-hydrogen) atoms. The summed E-state index contributed by atoms with van der Waals surface area (Å²) in [5.74, 6) is 0. The normalized spacial score (nSPS) is 34.1. The van der Waals surface area contributed by atoms with Crippen molar-refractivity contribution in [2.24, 2.45) is 0 Å². The summed E-state index contributed by atoms with van der Waals surface area (Å²) in [6.07, 6.45) is 5.52. The molecular weight excluding hydrogens is 212 g/mol. The van der Waals surface area contributed by atoms with E-state index in [1.54, 1.807) is 0 Å². The minimum Gasteiger partial charge on any atom is -0.378 e. The van der Waals surface area contributed by atoms with Crippen LogP contribution in [0.15, 0.2) is 0 Å². The van der Waals surface area contributed by atoms with E-state index in [0.29, 0.717) is 12.1 Å². The van der Waals surface area contributed by atoms with Crippen molar-refractivity contribution in [3.05, 3.63) is 0 Å². The fraction of sp³-hybridized carbons (Fsp3) is 1.00. The van der Waals surface area contributed by atoms with Gasteiger partial charge < -0.3 is 10.1 Å². The van der Waals surface area contributed by atoms with Gasteiger partial charge in [-0.25, -0.2) is 0 Å². The van der Waals surface area contributed by atoms with E-state index < -0.39 is 0 Å². The highest BCUT2D eigenvalue weighted by Gasteiger charge is 2.31. The van der Waals surface area contributed by atoms with E-state index in [2.05, 4.69) is 31.0 Å². The third-order valence-corrected chi connectivity index (χ3v) is 4.16. The molecule has 0 aliphatic carbocycles. The highest BCUT2D eigenvalue weighted by atomic mass is 16.5. The summed E-state index contributed by atoms with van der Waals surface area (Å²) in [4.78, 5) is 2.66. The van der Waals surface area contributed by atoms with Gasteiger partial charge in [-0.3, -0.25) is 4.90 Å². The summed E-state index contributed by atoms with van der Waals surface area (Å²) in [7, 11) is 0. The maximum Gasteiger partial charge on any atom is 0.0588 e. The summed E-state index contributed by atoms with van der Waals surface area (Å²) >= 11 is 0. The van der Waals surface area contributed by atoms with Gasteiger partial charge in [-0.2, -0.15) is 0 Å². The van der Waals surface area contributed by atoms with Crippen LogP contribution in [0.5, 0.6) is 0 Å². The average Bonchev–Trinajstić information content (AvgIpc) is 2.78. The zero-order chi connectivity index (χ0) is 12.3. The largest absolute Gasteiger partial charge is 0.378 e. The van der Waals surface area contributed by atoms with Crippen LogP contribution >= 0.6 is 0 Å². The Balaban J connectivity index is 1.82. The lowest BCUT2D eigenvalue weighted by atomic mass is 9.97. The molecule has 100 valence electrons. The van der Waals surface area contributed by atoms with Crippen molar-refractivity contribution in [1.29, 1.82) is 0 Å². The van der Waals surface area contributed by atoms with Crippen LogP contribution in [-0.4, -0.2) is 48.8 Å². The van der Waals surface area contributed by atoms with Crippen molar-refractivity contribution in [1.82, 2.24) is 10.2 Å². The average molecular weight is 240 g/mol. The summed E-state index contributed by atoms with van der Waals surface area (Å²) < 4.78 is 5.72. The maximum absolute atomic E-state index is 5.72. The Labute approximate surface area is 106 Å². The Morgan fingerprint density at radius 3 is 2.88 bits per heavy atom. The van der Waals surface area contributed by atoms with Gasteiger partial charge in [-0.1, -0.05) is 6.92 Å². The molecule has 1 N–H and O–H groups in total. The standard InChI is InChI=1S/C14H28N2O/c1-4-12-10-15-14(2,3)11-16(12)8-7-13-6-5-9-17-13/h12-13,15H,4-11H2,1-3H3. The van der Waals surface area contributed by atoms with E-state index in [1.165, 1.54) is 32.2 Å². The molecule has 0 aromatic heterocycles. The molecule has 2 aliphatic heterocycles. The Hall–Kier alpha value is -0.120. The van der Waals surface area contributed by atoms with Crippen LogP contribution in [0.4, 0.5) is 0 Å². The van der Waals surface area contributed by atoms with Crippen LogP contribution < -0.4 is 5.32 Å². The molecule has 0 bridgehead atoms. The van der Waals surface area contributed by atoms with E-state index in [9.17, 15) is 0 Å². The SMILES string of the molecule is CCC1CNC(C)(C)CN1CCC1CCCO1. The summed E-state index contributed by atoms with van der Waals surface area (Å²) in [6.45, 7) is 11.4. The molecule has 0 radical (unpaired) electrons. The van der Waals surface area contributed by atoms with Crippen molar-refractivity contribution >= 4 is 0 Å². The molecule has 2 fully saturated rings. The van der Waals surface area contributed by atoms with Gasteiger partial charge in [0.15, 0.2) is 0 Å². The number of nitrogens with one attached hydrogen (secondary N) is 1. The van der Waals surface area contributed by atoms with Gasteiger partial charge in [-0.15, -0.1) is 0 Å². The second kappa shape index (κ2) is 5.68. The second-order valence-corrected chi connectivity index (χ2v) is 6.22. The lowest BCUT2D eigenvalue weighted by Gasteiger charge is -2.44. The van der Waals surface area contributed by atoms with Gasteiger partial charge in [0.1, 0.15) is 0 Å². The Morgan fingerprint density at radius 2 is 2.24 bits per heavy atom. The molecule has 0 saturated carbocycles. The van der Waals surface area contributed by atoms with E-state index >= 15 is 0 Å². The monoisotopic (exact) mass is 240 g/mol. The number of piperazine rings is 1. The van der Waals surface area contributed by atoms with Crippen LogP contribution in [0.2, 0.25) is 0 Å². The first kappa shape index (κ1) is 13.3. The molecule has 2 rings (SSSR count). The maximum atomic E-state index is 5.72. The first-order valence-corrected chi connectivity index (χ1v) is 7.21. The summed E-state index contributed by atoms with van der Waals surface area (Å²) in [5.41, 5.74) is 0.266. The number of nitrogens with zero attached hydrogens (tertiary/aromatic N) is 1. The van der Waals surface area contributed by atoms with Crippen LogP contribution in [0.1, 0.15) is 46.5 Å². The molecule has 0 aromatic carbocycles.